The molecule has 0 aliphatic carbocycles. The Bertz CT molecular complexity index is 325. The Labute approximate surface area is 108 Å². The quantitative estimate of drug-likeness (QED) is 0.412. The number of carbonyl (C=O) groups excluding carboxylic acids is 1. The van der Waals surface area contributed by atoms with E-state index < -0.39 is 0 Å². The van der Waals surface area contributed by atoms with Crippen LogP contribution in [0.3, 0.4) is 0 Å². The average Bonchev–Trinajstić information content (AvgIpc) is 2.10. The molecule has 0 aliphatic rings. The van der Waals surface area contributed by atoms with Crippen molar-refractivity contribution in [3.05, 3.63) is 31.8 Å². The molecule has 0 aromatic heterocycles. The summed E-state index contributed by atoms with van der Waals surface area (Å²) in [7, 11) is 0. The highest BCUT2D eigenvalue weighted by Gasteiger charge is 2.10. The summed E-state index contributed by atoms with van der Waals surface area (Å²) < 4.78 is 1.97. The van der Waals surface area contributed by atoms with E-state index in [4.69, 9.17) is 0 Å². The fourth-order valence-corrected chi connectivity index (χ4v) is 2.33. The standard InChI is InChI=1S/C9H7Br2IO/c10-5-4-8(13)6-2-1-3-7(11)9(6)12/h1-3H,4-5H2. The molecule has 0 atom stereocenters. The maximum atomic E-state index is 11.6. The van der Waals surface area contributed by atoms with Gasteiger partial charge in [0, 0.05) is 25.4 Å². The number of Topliss-reactive ketones (excluding diaryl/α,β-unsaturated/α-hetero) is 1. The van der Waals surface area contributed by atoms with Gasteiger partial charge in [0.1, 0.15) is 0 Å². The van der Waals surface area contributed by atoms with Crippen LogP contribution in [0.2, 0.25) is 0 Å². The van der Waals surface area contributed by atoms with Crippen molar-refractivity contribution in [3.63, 3.8) is 0 Å². The topological polar surface area (TPSA) is 17.1 Å². The third-order valence-corrected chi connectivity index (χ3v) is 4.53. The van der Waals surface area contributed by atoms with Crippen LogP contribution in [0.15, 0.2) is 22.7 Å². The van der Waals surface area contributed by atoms with Gasteiger partial charge in [0.25, 0.3) is 0 Å². The Balaban J connectivity index is 3.01. The van der Waals surface area contributed by atoms with Crippen LogP contribution in [-0.2, 0) is 0 Å². The minimum Gasteiger partial charge on any atom is -0.294 e. The Morgan fingerprint density at radius 1 is 1.46 bits per heavy atom. The molecule has 0 N–H and O–H groups in total. The summed E-state index contributed by atoms with van der Waals surface area (Å²) in [5.41, 5.74) is 0.800. The summed E-state index contributed by atoms with van der Waals surface area (Å²) in [6.45, 7) is 0. The fraction of sp³-hybridized carbons (Fsp3) is 0.222. The van der Waals surface area contributed by atoms with Crippen LogP contribution in [-0.4, -0.2) is 11.1 Å². The SMILES string of the molecule is O=C(CCBr)c1cccc(Br)c1I. The van der Waals surface area contributed by atoms with Crippen LogP contribution in [0, 0.1) is 3.57 Å². The predicted octanol–water partition coefficient (Wildman–Crippen LogP) is 4.02. The number of halogens is 3. The normalized spacial score (nSPS) is 10.1. The molecule has 0 fully saturated rings. The molecule has 0 amide bonds. The molecule has 0 bridgehead atoms. The van der Waals surface area contributed by atoms with Crippen molar-refractivity contribution >= 4 is 60.2 Å². The lowest BCUT2D eigenvalue weighted by molar-refractivity contribution is 0.0989. The molecule has 0 spiro atoms. The van der Waals surface area contributed by atoms with Crippen molar-refractivity contribution in [2.45, 2.75) is 6.42 Å². The number of hydrogen-bond acceptors (Lipinski definition) is 1. The molecule has 70 valence electrons. The van der Waals surface area contributed by atoms with E-state index in [1.54, 1.807) is 0 Å². The van der Waals surface area contributed by atoms with Gasteiger partial charge >= 0.3 is 0 Å². The second-order valence-electron chi connectivity index (χ2n) is 2.46. The minimum absolute atomic E-state index is 0.183. The zero-order chi connectivity index (χ0) is 9.84. The van der Waals surface area contributed by atoms with Gasteiger partial charge in [0.15, 0.2) is 5.78 Å². The smallest absolute Gasteiger partial charge is 0.164 e. The molecule has 1 aromatic carbocycles. The molecule has 1 rings (SSSR count). The van der Waals surface area contributed by atoms with Crippen LogP contribution in [0.25, 0.3) is 0 Å². The zero-order valence-corrected chi connectivity index (χ0v) is 12.0. The Morgan fingerprint density at radius 2 is 2.15 bits per heavy atom. The van der Waals surface area contributed by atoms with E-state index in [1.165, 1.54) is 0 Å². The predicted molar refractivity (Wildman–Crippen MR) is 69.6 cm³/mol. The summed E-state index contributed by atoms with van der Waals surface area (Å²) in [5, 5.41) is 0.717. The molecule has 4 heteroatoms. The largest absolute Gasteiger partial charge is 0.294 e. The third-order valence-electron chi connectivity index (χ3n) is 1.57. The molecule has 0 saturated heterocycles. The molecule has 1 aromatic rings. The first-order valence-corrected chi connectivity index (χ1v) is 6.69. The van der Waals surface area contributed by atoms with Crippen LogP contribution in [0.5, 0.6) is 0 Å². The van der Waals surface area contributed by atoms with Gasteiger partial charge in [-0.25, -0.2) is 0 Å². The van der Waals surface area contributed by atoms with E-state index in [9.17, 15) is 4.79 Å². The lowest BCUT2D eigenvalue weighted by Crippen LogP contribution is -2.02. The van der Waals surface area contributed by atoms with Gasteiger partial charge in [-0.3, -0.25) is 4.79 Å². The summed E-state index contributed by atoms with van der Waals surface area (Å²) in [6, 6.07) is 5.68. The van der Waals surface area contributed by atoms with E-state index in [-0.39, 0.29) is 5.78 Å². The van der Waals surface area contributed by atoms with Gasteiger partial charge in [-0.05, 0) is 44.6 Å². The van der Waals surface area contributed by atoms with Crippen LogP contribution in [0.1, 0.15) is 16.8 Å². The van der Waals surface area contributed by atoms with Crippen LogP contribution < -0.4 is 0 Å². The summed E-state index contributed by atoms with van der Waals surface area (Å²) >= 11 is 8.83. The summed E-state index contributed by atoms with van der Waals surface area (Å²) in [4.78, 5) is 11.6. The molecular formula is C9H7Br2IO. The highest BCUT2D eigenvalue weighted by atomic mass is 127. The monoisotopic (exact) mass is 416 g/mol. The molecule has 0 unspecified atom stereocenters. The number of alkyl halides is 1. The number of carbonyl (C=O) groups is 1. The van der Waals surface area contributed by atoms with Gasteiger partial charge < -0.3 is 0 Å². The van der Waals surface area contributed by atoms with Gasteiger partial charge in [0.05, 0.1) is 0 Å². The van der Waals surface area contributed by atoms with Crippen molar-refractivity contribution in [1.29, 1.82) is 0 Å². The Morgan fingerprint density at radius 3 is 2.77 bits per heavy atom. The highest BCUT2D eigenvalue weighted by Crippen LogP contribution is 2.23. The number of ketones is 1. The maximum Gasteiger partial charge on any atom is 0.164 e. The van der Waals surface area contributed by atoms with Gasteiger partial charge in [-0.1, -0.05) is 28.1 Å². The average molecular weight is 418 g/mol. The summed E-state index contributed by atoms with van der Waals surface area (Å²) in [6.07, 6.45) is 0.548. The molecule has 0 radical (unpaired) electrons. The first-order valence-electron chi connectivity index (χ1n) is 3.70. The van der Waals surface area contributed by atoms with Crippen molar-refractivity contribution in [2.75, 3.05) is 5.33 Å². The highest BCUT2D eigenvalue weighted by molar-refractivity contribution is 14.1. The van der Waals surface area contributed by atoms with E-state index >= 15 is 0 Å². The Kier molecular flexibility index (Phi) is 4.89. The lowest BCUT2D eigenvalue weighted by atomic mass is 10.1. The van der Waals surface area contributed by atoms with Crippen molar-refractivity contribution < 1.29 is 4.79 Å². The minimum atomic E-state index is 0.183. The number of hydrogen-bond donors (Lipinski definition) is 0. The van der Waals surface area contributed by atoms with E-state index in [1.807, 2.05) is 18.2 Å². The zero-order valence-electron chi connectivity index (χ0n) is 6.69. The van der Waals surface area contributed by atoms with Crippen molar-refractivity contribution in [3.8, 4) is 0 Å². The Hall–Kier alpha value is 0.580. The van der Waals surface area contributed by atoms with Crippen LogP contribution >= 0.6 is 54.5 Å². The molecule has 1 nitrogen and oxygen atoms in total. The van der Waals surface area contributed by atoms with E-state index in [0.717, 1.165) is 13.6 Å². The molecule has 13 heavy (non-hydrogen) atoms. The second-order valence-corrected chi connectivity index (χ2v) is 5.19. The summed E-state index contributed by atoms with van der Waals surface area (Å²) in [5.74, 6) is 0.183. The third kappa shape index (κ3) is 3.02. The molecular weight excluding hydrogens is 411 g/mol. The number of rotatable bonds is 3. The first kappa shape index (κ1) is 11.7. The van der Waals surface area contributed by atoms with Gasteiger partial charge in [-0.15, -0.1) is 0 Å². The van der Waals surface area contributed by atoms with Crippen molar-refractivity contribution in [1.82, 2.24) is 0 Å². The van der Waals surface area contributed by atoms with Gasteiger partial charge in [0.2, 0.25) is 0 Å². The molecule has 0 aliphatic heterocycles. The molecule has 0 saturated carbocycles. The molecule has 0 heterocycles. The maximum absolute atomic E-state index is 11.6. The lowest BCUT2D eigenvalue weighted by Gasteiger charge is -2.03. The number of benzene rings is 1. The fourth-order valence-electron chi connectivity index (χ4n) is 0.940. The van der Waals surface area contributed by atoms with Crippen LogP contribution in [0.4, 0.5) is 0 Å². The van der Waals surface area contributed by atoms with E-state index in [0.29, 0.717) is 11.8 Å². The first-order chi connectivity index (χ1) is 6.16. The second kappa shape index (κ2) is 5.46. The van der Waals surface area contributed by atoms with E-state index in [2.05, 4.69) is 54.5 Å². The van der Waals surface area contributed by atoms with Gasteiger partial charge in [-0.2, -0.15) is 0 Å². The van der Waals surface area contributed by atoms with Crippen molar-refractivity contribution in [2.24, 2.45) is 0 Å².